The summed E-state index contributed by atoms with van der Waals surface area (Å²) in [6, 6.07) is 11.0. The van der Waals surface area contributed by atoms with Crippen molar-refractivity contribution < 1.29 is 9.80 Å². The van der Waals surface area contributed by atoms with E-state index in [1.807, 2.05) is 0 Å². The smallest absolute Gasteiger partial charge is 0.260 e. The number of aromatic nitrogens is 2. The van der Waals surface area contributed by atoms with Gasteiger partial charge in [-0.1, -0.05) is 37.3 Å². The van der Waals surface area contributed by atoms with Crippen LogP contribution in [0.15, 0.2) is 35.1 Å². The van der Waals surface area contributed by atoms with Gasteiger partial charge in [0.2, 0.25) is 0 Å². The summed E-state index contributed by atoms with van der Waals surface area (Å²) in [5, 5.41) is 0.866. The average Bonchev–Trinajstić information content (AvgIpc) is 3.12. The van der Waals surface area contributed by atoms with Crippen molar-refractivity contribution in [1.29, 1.82) is 0 Å². The summed E-state index contributed by atoms with van der Waals surface area (Å²) >= 11 is 1.75. The van der Waals surface area contributed by atoms with Crippen LogP contribution in [-0.2, 0) is 19.4 Å². The number of hydrogen-bond acceptors (Lipinski definition) is 3. The van der Waals surface area contributed by atoms with Crippen molar-refractivity contribution in [3.05, 3.63) is 62.5 Å². The van der Waals surface area contributed by atoms with Crippen LogP contribution in [0, 0.1) is 5.92 Å². The molecule has 1 aromatic carbocycles. The van der Waals surface area contributed by atoms with Crippen LogP contribution in [0.4, 0.5) is 0 Å². The highest BCUT2D eigenvalue weighted by molar-refractivity contribution is 7.18. The van der Waals surface area contributed by atoms with E-state index in [4.69, 9.17) is 4.98 Å². The highest BCUT2D eigenvalue weighted by atomic mass is 32.1. The lowest BCUT2D eigenvalue weighted by Gasteiger charge is -2.32. The molecule has 158 valence electrons. The number of thiophene rings is 1. The molecule has 6 heteroatoms. The average molecular weight is 425 g/mol. The lowest BCUT2D eigenvalue weighted by Crippen LogP contribution is -3.27. The third-order valence-electron chi connectivity index (χ3n) is 7.10. The molecule has 1 aliphatic heterocycles. The van der Waals surface area contributed by atoms with Crippen LogP contribution in [0.5, 0.6) is 0 Å². The molecule has 0 radical (unpaired) electrons. The Hall–Kier alpha value is -2.02. The number of nitrogens with zero attached hydrogens (tertiary/aromatic N) is 1. The number of fused-ring (bicyclic) bond motifs is 3. The fourth-order valence-electron chi connectivity index (χ4n) is 5.18. The SMILES string of the molecule is C[C@@H]1CCc2c(sc3nc([C@@H](C)[NH+]4CC[NH+](Cc5ccccc5)CC4)[nH]c(=O)c23)C1. The Labute approximate surface area is 181 Å². The Balaban J connectivity index is 1.30. The highest BCUT2D eigenvalue weighted by Crippen LogP contribution is 2.35. The zero-order valence-electron chi connectivity index (χ0n) is 18.0. The Bertz CT molecular complexity index is 1080. The topological polar surface area (TPSA) is 54.6 Å². The molecule has 0 bridgehead atoms. The monoisotopic (exact) mass is 424 g/mol. The normalized spacial score (nSPS) is 25.2. The van der Waals surface area contributed by atoms with Gasteiger partial charge in [0.05, 0.1) is 5.39 Å². The number of H-pyrrole nitrogens is 1. The molecule has 5 nitrogen and oxygen atoms in total. The molecule has 3 heterocycles. The van der Waals surface area contributed by atoms with E-state index in [1.54, 1.807) is 16.2 Å². The van der Waals surface area contributed by atoms with Crippen molar-refractivity contribution in [2.75, 3.05) is 26.2 Å². The van der Waals surface area contributed by atoms with Gasteiger partial charge >= 0.3 is 0 Å². The summed E-state index contributed by atoms with van der Waals surface area (Å²) in [7, 11) is 0. The van der Waals surface area contributed by atoms with Crippen LogP contribution in [-0.4, -0.2) is 36.1 Å². The number of benzene rings is 1. The quantitative estimate of drug-likeness (QED) is 0.589. The van der Waals surface area contributed by atoms with Crippen molar-refractivity contribution in [2.45, 2.75) is 45.7 Å². The number of rotatable bonds is 4. The minimum Gasteiger partial charge on any atom is -0.322 e. The molecule has 1 aliphatic carbocycles. The highest BCUT2D eigenvalue weighted by Gasteiger charge is 2.30. The van der Waals surface area contributed by atoms with E-state index in [2.05, 4.69) is 49.2 Å². The molecule has 2 aliphatic rings. The van der Waals surface area contributed by atoms with Crippen LogP contribution in [0.25, 0.3) is 10.2 Å². The molecule has 30 heavy (non-hydrogen) atoms. The summed E-state index contributed by atoms with van der Waals surface area (Å²) in [5.41, 5.74) is 2.75. The number of piperazine rings is 1. The Kier molecular flexibility index (Phi) is 5.48. The molecule has 0 unspecified atom stereocenters. The number of hydrogen-bond donors (Lipinski definition) is 3. The van der Waals surface area contributed by atoms with Crippen molar-refractivity contribution in [3.8, 4) is 0 Å². The van der Waals surface area contributed by atoms with Gasteiger partial charge in [-0.3, -0.25) is 4.79 Å². The predicted molar refractivity (Wildman–Crippen MR) is 121 cm³/mol. The summed E-state index contributed by atoms with van der Waals surface area (Å²) in [6.07, 6.45) is 3.29. The maximum atomic E-state index is 13.0. The largest absolute Gasteiger partial charge is 0.322 e. The van der Waals surface area contributed by atoms with Gasteiger partial charge in [-0.05, 0) is 37.7 Å². The van der Waals surface area contributed by atoms with E-state index in [0.29, 0.717) is 5.92 Å². The second-order valence-electron chi connectivity index (χ2n) is 9.28. The van der Waals surface area contributed by atoms with Crippen LogP contribution < -0.4 is 15.4 Å². The van der Waals surface area contributed by atoms with Gasteiger partial charge in [0.1, 0.15) is 43.6 Å². The van der Waals surface area contributed by atoms with E-state index >= 15 is 0 Å². The Morgan fingerprint density at radius 3 is 2.73 bits per heavy atom. The van der Waals surface area contributed by atoms with Crippen molar-refractivity contribution in [1.82, 2.24) is 9.97 Å². The molecule has 2 atom stereocenters. The lowest BCUT2D eigenvalue weighted by molar-refractivity contribution is -1.03. The summed E-state index contributed by atoms with van der Waals surface area (Å²) in [4.78, 5) is 26.6. The van der Waals surface area contributed by atoms with Crippen LogP contribution >= 0.6 is 11.3 Å². The minimum atomic E-state index is 0.0710. The lowest BCUT2D eigenvalue weighted by atomic mass is 9.89. The van der Waals surface area contributed by atoms with E-state index < -0.39 is 0 Å². The van der Waals surface area contributed by atoms with Crippen molar-refractivity contribution in [3.63, 3.8) is 0 Å². The molecule has 2 aromatic heterocycles. The first-order chi connectivity index (χ1) is 14.6. The van der Waals surface area contributed by atoms with Gasteiger partial charge in [-0.15, -0.1) is 11.3 Å². The molecule has 0 saturated carbocycles. The first kappa shape index (κ1) is 19.9. The van der Waals surface area contributed by atoms with Gasteiger partial charge < -0.3 is 14.8 Å². The molecule has 1 fully saturated rings. The fraction of sp³-hybridized carbons (Fsp3) is 0.500. The molecular formula is C24H32N4OS+2. The summed E-state index contributed by atoms with van der Waals surface area (Å²) < 4.78 is 0. The van der Waals surface area contributed by atoms with Gasteiger partial charge in [-0.2, -0.15) is 0 Å². The van der Waals surface area contributed by atoms with Crippen molar-refractivity contribution in [2.24, 2.45) is 5.92 Å². The third-order valence-corrected chi connectivity index (χ3v) is 8.25. The number of aryl methyl sites for hydroxylation is 1. The van der Waals surface area contributed by atoms with E-state index in [0.717, 1.165) is 61.6 Å². The standard InChI is InChI=1S/C24H30N4OS/c1-16-8-9-19-20(14-16)30-24-21(19)23(29)25-22(26-24)17(2)28-12-10-27(11-13-28)15-18-6-4-3-5-7-18/h3-7,16-17H,8-15H2,1-2H3,(H,25,26,29)/p+2/t16-,17-/m1/s1. The Morgan fingerprint density at radius 1 is 1.20 bits per heavy atom. The number of quaternary nitrogens is 2. The predicted octanol–water partition coefficient (Wildman–Crippen LogP) is 1.15. The molecule has 3 aromatic rings. The second kappa shape index (κ2) is 8.25. The fourth-order valence-corrected chi connectivity index (χ4v) is 6.57. The van der Waals surface area contributed by atoms with Gasteiger partial charge in [0.25, 0.3) is 5.56 Å². The maximum Gasteiger partial charge on any atom is 0.260 e. The zero-order valence-corrected chi connectivity index (χ0v) is 18.8. The van der Waals surface area contributed by atoms with E-state index in [1.165, 1.54) is 27.3 Å². The third kappa shape index (κ3) is 3.84. The first-order valence-corrected chi connectivity index (χ1v) is 12.2. The molecule has 1 saturated heterocycles. The summed E-state index contributed by atoms with van der Waals surface area (Å²) in [6.45, 7) is 10.2. The van der Waals surface area contributed by atoms with Crippen LogP contribution in [0.3, 0.4) is 0 Å². The first-order valence-electron chi connectivity index (χ1n) is 11.3. The number of aromatic amines is 1. The molecule has 3 N–H and O–H groups in total. The van der Waals surface area contributed by atoms with Crippen LogP contribution in [0.1, 0.15) is 48.1 Å². The van der Waals surface area contributed by atoms with Gasteiger partial charge in [0, 0.05) is 10.4 Å². The van der Waals surface area contributed by atoms with E-state index in [-0.39, 0.29) is 11.6 Å². The second-order valence-corrected chi connectivity index (χ2v) is 10.4. The minimum absolute atomic E-state index is 0.0710. The molecule has 5 rings (SSSR count). The summed E-state index contributed by atoms with van der Waals surface area (Å²) in [5.74, 6) is 1.57. The van der Waals surface area contributed by atoms with Gasteiger partial charge in [-0.25, -0.2) is 4.98 Å². The number of nitrogens with one attached hydrogen (secondary N) is 3. The van der Waals surface area contributed by atoms with Gasteiger partial charge in [0.15, 0.2) is 5.82 Å². The molecule has 0 amide bonds. The van der Waals surface area contributed by atoms with Crippen LogP contribution in [0.2, 0.25) is 0 Å². The Morgan fingerprint density at radius 2 is 1.97 bits per heavy atom. The van der Waals surface area contributed by atoms with E-state index in [9.17, 15) is 4.79 Å². The van der Waals surface area contributed by atoms with Crippen molar-refractivity contribution >= 4 is 21.6 Å². The zero-order chi connectivity index (χ0) is 20.7. The molecular weight excluding hydrogens is 392 g/mol. The molecule has 0 spiro atoms. The maximum absolute atomic E-state index is 13.0.